The molecule has 268 valence electrons. The van der Waals surface area contributed by atoms with Crippen molar-refractivity contribution in [2.45, 2.75) is 18.3 Å². The molecule has 12 rings (SSSR count). The second kappa shape index (κ2) is 12.4. The SMILES string of the molecule is c1ccc(-n2c3ccccc3c3cc(N(c4ccc5c(c4)-c4ccccc4C54Cc5ccccc5C4)c4ccccc4-c4ccc5ccccc5c4)ccc32)cc1. The molecule has 2 nitrogen and oxygen atoms in total. The van der Waals surface area contributed by atoms with Gasteiger partial charge in [0.15, 0.2) is 0 Å². The van der Waals surface area contributed by atoms with E-state index < -0.39 is 0 Å². The van der Waals surface area contributed by atoms with Crippen molar-refractivity contribution in [3.63, 3.8) is 0 Å². The van der Waals surface area contributed by atoms with Crippen molar-refractivity contribution in [1.82, 2.24) is 4.57 Å². The molecule has 0 bridgehead atoms. The Morgan fingerprint density at radius 1 is 0.404 bits per heavy atom. The number of nitrogens with zero attached hydrogens (tertiary/aromatic N) is 2. The number of aromatic nitrogens is 1. The topological polar surface area (TPSA) is 8.17 Å². The van der Waals surface area contributed by atoms with Crippen molar-refractivity contribution in [1.29, 1.82) is 0 Å². The first-order chi connectivity index (χ1) is 28.2. The maximum Gasteiger partial charge on any atom is 0.0542 e. The third-order valence-electron chi connectivity index (χ3n) is 12.7. The second-order valence-corrected chi connectivity index (χ2v) is 15.8. The molecule has 1 aromatic heterocycles. The van der Waals surface area contributed by atoms with E-state index in [1.54, 1.807) is 0 Å². The van der Waals surface area contributed by atoms with Crippen LogP contribution in [0.25, 0.3) is 60.5 Å². The van der Waals surface area contributed by atoms with Crippen LogP contribution in [0, 0.1) is 0 Å². The first kappa shape index (κ1) is 32.1. The lowest BCUT2D eigenvalue weighted by Crippen LogP contribution is -2.25. The largest absolute Gasteiger partial charge is 0.310 e. The minimum Gasteiger partial charge on any atom is -0.310 e. The summed E-state index contributed by atoms with van der Waals surface area (Å²) in [7, 11) is 0. The molecular formula is C55H38N2. The van der Waals surface area contributed by atoms with Gasteiger partial charge < -0.3 is 9.47 Å². The molecule has 1 spiro atoms. The van der Waals surface area contributed by atoms with E-state index in [1.807, 2.05) is 0 Å². The molecule has 2 heteroatoms. The Labute approximate surface area is 332 Å². The summed E-state index contributed by atoms with van der Waals surface area (Å²) in [6, 6.07) is 76.5. The van der Waals surface area contributed by atoms with Gasteiger partial charge in [0, 0.05) is 38.8 Å². The monoisotopic (exact) mass is 726 g/mol. The van der Waals surface area contributed by atoms with Gasteiger partial charge in [-0.2, -0.15) is 0 Å². The predicted molar refractivity (Wildman–Crippen MR) is 238 cm³/mol. The summed E-state index contributed by atoms with van der Waals surface area (Å²) in [6.45, 7) is 0. The molecule has 0 saturated heterocycles. The highest BCUT2D eigenvalue weighted by molar-refractivity contribution is 6.11. The Bertz CT molecular complexity index is 3180. The van der Waals surface area contributed by atoms with E-state index in [-0.39, 0.29) is 5.41 Å². The van der Waals surface area contributed by atoms with Crippen molar-refractivity contribution in [2.75, 3.05) is 4.90 Å². The first-order valence-corrected chi connectivity index (χ1v) is 20.0. The van der Waals surface area contributed by atoms with Crippen LogP contribution in [0.4, 0.5) is 17.1 Å². The molecule has 0 radical (unpaired) electrons. The average Bonchev–Trinajstić information content (AvgIpc) is 3.92. The fourth-order valence-electron chi connectivity index (χ4n) is 10.2. The highest BCUT2D eigenvalue weighted by atomic mass is 15.1. The molecule has 0 saturated carbocycles. The maximum atomic E-state index is 2.50. The first-order valence-electron chi connectivity index (χ1n) is 20.0. The van der Waals surface area contributed by atoms with E-state index in [0.29, 0.717) is 0 Å². The van der Waals surface area contributed by atoms with E-state index in [0.717, 1.165) is 35.6 Å². The lowest BCUT2D eigenvalue weighted by molar-refractivity contribution is 0.563. The van der Waals surface area contributed by atoms with Crippen LogP contribution in [-0.2, 0) is 18.3 Å². The Hall–Kier alpha value is -7.16. The zero-order valence-corrected chi connectivity index (χ0v) is 31.4. The van der Waals surface area contributed by atoms with Gasteiger partial charge >= 0.3 is 0 Å². The Morgan fingerprint density at radius 3 is 1.89 bits per heavy atom. The summed E-state index contributed by atoms with van der Waals surface area (Å²) in [6.07, 6.45) is 2.06. The molecule has 2 aliphatic rings. The lowest BCUT2D eigenvalue weighted by Gasteiger charge is -2.30. The summed E-state index contributed by atoms with van der Waals surface area (Å²) in [5, 5.41) is 4.96. The molecule has 0 N–H and O–H groups in total. The number of anilines is 3. The van der Waals surface area contributed by atoms with E-state index in [4.69, 9.17) is 0 Å². The minimum atomic E-state index is -0.0554. The molecule has 9 aromatic carbocycles. The van der Waals surface area contributed by atoms with Gasteiger partial charge in [-0.3, -0.25) is 0 Å². The van der Waals surface area contributed by atoms with Gasteiger partial charge in [0.2, 0.25) is 0 Å². The molecule has 0 aliphatic heterocycles. The lowest BCUT2D eigenvalue weighted by atomic mass is 9.75. The van der Waals surface area contributed by atoms with Crippen molar-refractivity contribution in [3.8, 4) is 27.9 Å². The predicted octanol–water partition coefficient (Wildman–Crippen LogP) is 14.1. The molecule has 1 heterocycles. The van der Waals surface area contributed by atoms with Crippen molar-refractivity contribution in [2.24, 2.45) is 0 Å². The van der Waals surface area contributed by atoms with Crippen molar-refractivity contribution in [3.05, 3.63) is 229 Å². The van der Waals surface area contributed by atoms with Gasteiger partial charge in [-0.05, 0) is 123 Å². The van der Waals surface area contributed by atoms with Gasteiger partial charge in [-0.15, -0.1) is 0 Å². The number of para-hydroxylation sites is 3. The smallest absolute Gasteiger partial charge is 0.0542 e. The molecule has 2 aliphatic carbocycles. The summed E-state index contributed by atoms with van der Waals surface area (Å²) < 4.78 is 2.40. The standard InChI is InChI=1S/C55H38N2/c1-2-18-42(19-3-1)57-53-25-13-10-22-47(53)49-34-44(29-31-54(49)57)56(52-24-12-9-20-45(52)39-27-26-37-14-4-5-15-38(37)32-39)43-28-30-51-48(33-43)46-21-8-11-23-50(46)55(51)35-40-16-6-7-17-41(40)36-55/h1-34H,35-36H2. The third-order valence-corrected chi connectivity index (χ3v) is 12.7. The van der Waals surface area contributed by atoms with Crippen LogP contribution >= 0.6 is 0 Å². The Kier molecular flexibility index (Phi) is 7.00. The van der Waals surface area contributed by atoms with E-state index >= 15 is 0 Å². The summed E-state index contributed by atoms with van der Waals surface area (Å²) in [5.74, 6) is 0. The number of rotatable bonds is 5. The molecule has 0 atom stereocenters. The minimum absolute atomic E-state index is 0.0554. The van der Waals surface area contributed by atoms with E-state index in [2.05, 4.69) is 216 Å². The van der Waals surface area contributed by atoms with Crippen molar-refractivity contribution >= 4 is 49.6 Å². The van der Waals surface area contributed by atoms with Crippen LogP contribution in [0.5, 0.6) is 0 Å². The molecule has 0 amide bonds. The van der Waals surface area contributed by atoms with Gasteiger partial charge in [-0.25, -0.2) is 0 Å². The van der Waals surface area contributed by atoms with Crippen LogP contribution in [-0.4, -0.2) is 4.57 Å². The average molecular weight is 727 g/mol. The molecule has 10 aromatic rings. The number of hydrogen-bond acceptors (Lipinski definition) is 1. The normalized spacial score (nSPS) is 13.6. The van der Waals surface area contributed by atoms with Crippen LogP contribution in [0.3, 0.4) is 0 Å². The summed E-state index contributed by atoms with van der Waals surface area (Å²) >= 11 is 0. The van der Waals surface area contributed by atoms with Crippen molar-refractivity contribution < 1.29 is 0 Å². The van der Waals surface area contributed by atoms with Crippen LogP contribution in [0.2, 0.25) is 0 Å². The van der Waals surface area contributed by atoms with Gasteiger partial charge in [0.25, 0.3) is 0 Å². The van der Waals surface area contributed by atoms with Gasteiger partial charge in [0.05, 0.1) is 16.7 Å². The fourth-order valence-corrected chi connectivity index (χ4v) is 10.2. The third kappa shape index (κ3) is 4.84. The second-order valence-electron chi connectivity index (χ2n) is 15.8. The number of benzene rings is 9. The quantitative estimate of drug-likeness (QED) is 0.171. The van der Waals surface area contributed by atoms with Crippen LogP contribution < -0.4 is 4.90 Å². The highest BCUT2D eigenvalue weighted by Gasteiger charge is 2.47. The van der Waals surface area contributed by atoms with Gasteiger partial charge in [-0.1, -0.05) is 146 Å². The van der Waals surface area contributed by atoms with E-state index in [1.165, 1.54) is 77.1 Å². The number of fused-ring (bicyclic) bond motifs is 10. The maximum absolute atomic E-state index is 2.50. The number of hydrogen-bond donors (Lipinski definition) is 0. The van der Waals surface area contributed by atoms with Crippen LogP contribution in [0.15, 0.2) is 206 Å². The molecule has 0 fully saturated rings. The zero-order chi connectivity index (χ0) is 37.5. The molecule has 57 heavy (non-hydrogen) atoms. The fraction of sp³-hybridized carbons (Fsp3) is 0.0545. The molecular weight excluding hydrogens is 689 g/mol. The summed E-state index contributed by atoms with van der Waals surface area (Å²) in [4.78, 5) is 2.50. The Balaban J connectivity index is 1.10. The zero-order valence-electron chi connectivity index (χ0n) is 31.4. The molecule has 0 unspecified atom stereocenters. The summed E-state index contributed by atoms with van der Waals surface area (Å²) in [5.41, 5.74) is 17.8. The highest BCUT2D eigenvalue weighted by Crippen LogP contribution is 2.56. The van der Waals surface area contributed by atoms with Gasteiger partial charge in [0.1, 0.15) is 0 Å². The Morgan fingerprint density at radius 2 is 1.04 bits per heavy atom. The van der Waals surface area contributed by atoms with Crippen LogP contribution in [0.1, 0.15) is 22.3 Å². The van der Waals surface area contributed by atoms with E-state index in [9.17, 15) is 0 Å².